The van der Waals surface area contributed by atoms with Gasteiger partial charge in [-0.25, -0.2) is 0 Å². The third-order valence-corrected chi connectivity index (χ3v) is 7.75. The van der Waals surface area contributed by atoms with Crippen LogP contribution in [0.4, 0.5) is 0 Å². The average molecular weight is 423 g/mol. The first kappa shape index (κ1) is 26.0. The maximum absolute atomic E-state index is 2.42. The molecule has 1 aromatic rings. The van der Waals surface area contributed by atoms with Gasteiger partial charge >= 0.3 is 0 Å². The fraction of sp³-hybridized carbons (Fsp3) is 0.769. The molecule has 0 aliphatic heterocycles. The Bertz CT molecular complexity index is 454. The Kier molecular flexibility index (Phi) is 16.5. The molecule has 0 bridgehead atoms. The molecule has 28 heavy (non-hydrogen) atoms. The van der Waals surface area contributed by atoms with Crippen LogP contribution in [-0.2, 0) is 11.5 Å². The van der Waals surface area contributed by atoms with Crippen LogP contribution in [0.25, 0.3) is 0 Å². The fourth-order valence-corrected chi connectivity index (χ4v) is 5.79. The molecule has 2 heteroatoms. The van der Waals surface area contributed by atoms with E-state index in [1.165, 1.54) is 106 Å². The van der Waals surface area contributed by atoms with Crippen molar-refractivity contribution in [1.82, 2.24) is 0 Å². The second-order valence-electron chi connectivity index (χ2n) is 8.35. The minimum atomic E-state index is 1.19. The fourth-order valence-electron chi connectivity index (χ4n) is 3.65. The molecule has 0 saturated carbocycles. The van der Waals surface area contributed by atoms with Gasteiger partial charge in [-0.15, -0.1) is 0 Å². The van der Waals surface area contributed by atoms with Crippen LogP contribution < -0.4 is 0 Å². The molecule has 0 heterocycles. The first-order valence-electron chi connectivity index (χ1n) is 11.9. The Labute approximate surface area is 185 Å². The van der Waals surface area contributed by atoms with E-state index in [4.69, 9.17) is 0 Å². The summed E-state index contributed by atoms with van der Waals surface area (Å²) < 4.78 is 0. The largest absolute Gasteiger partial charge is 0.157 e. The Balaban J connectivity index is 2.26. The lowest BCUT2D eigenvalue weighted by Gasteiger charge is -2.13. The molecule has 0 amide bonds. The van der Waals surface area contributed by atoms with E-state index < -0.39 is 0 Å². The van der Waals surface area contributed by atoms with Gasteiger partial charge in [0.2, 0.25) is 0 Å². The molecular formula is C26H46S2. The summed E-state index contributed by atoms with van der Waals surface area (Å²) in [5, 5.41) is 0. The third-order valence-electron chi connectivity index (χ3n) is 5.57. The summed E-state index contributed by atoms with van der Waals surface area (Å²) in [6.45, 7) is 9.20. The number of unbranched alkanes of at least 4 members (excludes halogenated alkanes) is 10. The minimum Gasteiger partial charge on any atom is -0.157 e. The SMILES string of the molecule is CCCCCCCCSCc1cc(C)cc(CSCCCCCCCC)c1C. The summed E-state index contributed by atoms with van der Waals surface area (Å²) in [6.07, 6.45) is 16.8. The van der Waals surface area contributed by atoms with Gasteiger partial charge in [0.1, 0.15) is 0 Å². The van der Waals surface area contributed by atoms with E-state index >= 15 is 0 Å². The molecule has 0 aliphatic rings. The van der Waals surface area contributed by atoms with Gasteiger partial charge in [0.15, 0.2) is 0 Å². The van der Waals surface area contributed by atoms with E-state index in [2.05, 4.69) is 63.4 Å². The molecule has 0 saturated heterocycles. The number of hydrogen-bond acceptors (Lipinski definition) is 2. The predicted molar refractivity (Wildman–Crippen MR) is 135 cm³/mol. The van der Waals surface area contributed by atoms with Crippen LogP contribution in [0.1, 0.15) is 113 Å². The molecule has 0 spiro atoms. The van der Waals surface area contributed by atoms with Crippen molar-refractivity contribution in [2.45, 2.75) is 116 Å². The second kappa shape index (κ2) is 17.8. The van der Waals surface area contributed by atoms with Crippen molar-refractivity contribution >= 4 is 23.5 Å². The zero-order valence-corrected chi connectivity index (χ0v) is 20.9. The maximum atomic E-state index is 2.42. The molecule has 0 aliphatic carbocycles. The summed E-state index contributed by atoms with van der Waals surface area (Å²) >= 11 is 4.27. The molecule has 162 valence electrons. The topological polar surface area (TPSA) is 0 Å². The lowest BCUT2D eigenvalue weighted by molar-refractivity contribution is 0.627. The number of aryl methyl sites for hydroxylation is 1. The van der Waals surface area contributed by atoms with Crippen molar-refractivity contribution in [2.75, 3.05) is 11.5 Å². The monoisotopic (exact) mass is 422 g/mol. The van der Waals surface area contributed by atoms with Crippen LogP contribution >= 0.6 is 23.5 Å². The van der Waals surface area contributed by atoms with Gasteiger partial charge in [-0.05, 0) is 54.9 Å². The van der Waals surface area contributed by atoms with Crippen LogP contribution in [0.5, 0.6) is 0 Å². The standard InChI is InChI=1S/C26H46S2/c1-5-7-9-11-13-15-17-27-21-25-19-23(3)20-26(24(25)4)22-28-18-16-14-12-10-8-6-2/h19-20H,5-18,21-22H2,1-4H3. The number of rotatable bonds is 18. The highest BCUT2D eigenvalue weighted by Gasteiger charge is 2.07. The van der Waals surface area contributed by atoms with E-state index in [1.54, 1.807) is 16.7 Å². The van der Waals surface area contributed by atoms with Gasteiger partial charge in [-0.3, -0.25) is 0 Å². The molecule has 0 N–H and O–H groups in total. The molecule has 0 atom stereocenters. The molecular weight excluding hydrogens is 376 g/mol. The predicted octanol–water partition coefficient (Wildman–Crippen LogP) is 9.49. The highest BCUT2D eigenvalue weighted by molar-refractivity contribution is 7.98. The maximum Gasteiger partial charge on any atom is 0.0187 e. The van der Waals surface area contributed by atoms with Crippen molar-refractivity contribution in [2.24, 2.45) is 0 Å². The lowest BCUT2D eigenvalue weighted by atomic mass is 10.0. The Hall–Kier alpha value is -0.0800. The third kappa shape index (κ3) is 12.5. The highest BCUT2D eigenvalue weighted by Crippen LogP contribution is 2.26. The van der Waals surface area contributed by atoms with Crippen molar-refractivity contribution < 1.29 is 0 Å². The van der Waals surface area contributed by atoms with Crippen molar-refractivity contribution in [1.29, 1.82) is 0 Å². The van der Waals surface area contributed by atoms with Gasteiger partial charge in [0, 0.05) is 11.5 Å². The minimum absolute atomic E-state index is 1.19. The molecule has 0 aromatic heterocycles. The van der Waals surface area contributed by atoms with Gasteiger partial charge < -0.3 is 0 Å². The molecule has 0 radical (unpaired) electrons. The molecule has 0 unspecified atom stereocenters. The number of hydrogen-bond donors (Lipinski definition) is 0. The van der Waals surface area contributed by atoms with Crippen LogP contribution in [0, 0.1) is 13.8 Å². The van der Waals surface area contributed by atoms with E-state index in [-0.39, 0.29) is 0 Å². The van der Waals surface area contributed by atoms with Crippen LogP contribution in [0.3, 0.4) is 0 Å². The molecule has 0 nitrogen and oxygen atoms in total. The van der Waals surface area contributed by atoms with Gasteiger partial charge in [0.05, 0.1) is 0 Å². The van der Waals surface area contributed by atoms with Gasteiger partial charge in [0.25, 0.3) is 0 Å². The Morgan fingerprint density at radius 3 is 1.39 bits per heavy atom. The van der Waals surface area contributed by atoms with Crippen LogP contribution in [-0.4, -0.2) is 11.5 Å². The summed E-state index contributed by atoms with van der Waals surface area (Å²) in [5.41, 5.74) is 6.14. The van der Waals surface area contributed by atoms with E-state index in [9.17, 15) is 0 Å². The molecule has 0 fully saturated rings. The van der Waals surface area contributed by atoms with Crippen LogP contribution in [0.2, 0.25) is 0 Å². The number of thioether (sulfide) groups is 2. The van der Waals surface area contributed by atoms with Gasteiger partial charge in [-0.1, -0.05) is 95.8 Å². The summed E-state index contributed by atoms with van der Waals surface area (Å²) in [5.74, 6) is 5.03. The van der Waals surface area contributed by atoms with Gasteiger partial charge in [-0.2, -0.15) is 23.5 Å². The normalized spacial score (nSPS) is 11.3. The first-order chi connectivity index (χ1) is 13.7. The quantitative estimate of drug-likeness (QED) is 0.216. The van der Waals surface area contributed by atoms with Crippen molar-refractivity contribution in [3.63, 3.8) is 0 Å². The van der Waals surface area contributed by atoms with E-state index in [0.29, 0.717) is 0 Å². The zero-order chi connectivity index (χ0) is 20.5. The van der Waals surface area contributed by atoms with Crippen LogP contribution in [0.15, 0.2) is 12.1 Å². The van der Waals surface area contributed by atoms with E-state index in [1.807, 2.05) is 0 Å². The average Bonchev–Trinajstić information content (AvgIpc) is 2.69. The summed E-state index contributed by atoms with van der Waals surface area (Å²) in [4.78, 5) is 0. The number of benzene rings is 1. The summed E-state index contributed by atoms with van der Waals surface area (Å²) in [6, 6.07) is 4.84. The van der Waals surface area contributed by atoms with E-state index in [0.717, 1.165) is 0 Å². The second-order valence-corrected chi connectivity index (χ2v) is 10.6. The Morgan fingerprint density at radius 2 is 0.964 bits per heavy atom. The molecule has 1 aromatic carbocycles. The highest BCUT2D eigenvalue weighted by atomic mass is 32.2. The Morgan fingerprint density at radius 1 is 0.571 bits per heavy atom. The smallest absolute Gasteiger partial charge is 0.0187 e. The zero-order valence-electron chi connectivity index (χ0n) is 19.3. The lowest BCUT2D eigenvalue weighted by Crippen LogP contribution is -1.96. The first-order valence-corrected chi connectivity index (χ1v) is 14.2. The van der Waals surface area contributed by atoms with Crippen molar-refractivity contribution in [3.8, 4) is 0 Å². The summed E-state index contributed by atoms with van der Waals surface area (Å²) in [7, 11) is 0. The van der Waals surface area contributed by atoms with Crippen molar-refractivity contribution in [3.05, 3.63) is 34.4 Å². The molecule has 1 rings (SSSR count).